The topological polar surface area (TPSA) is 52.0 Å². The van der Waals surface area contributed by atoms with E-state index in [0.717, 1.165) is 44.5 Å². The molecular weight excluding hydrogens is 516 g/mol. The summed E-state index contributed by atoms with van der Waals surface area (Å²) < 4.78 is 0. The van der Waals surface area contributed by atoms with Gasteiger partial charge in [0.1, 0.15) is 0 Å². The molecule has 0 amide bonds. The Kier molecular flexibility index (Phi) is 6.35. The summed E-state index contributed by atoms with van der Waals surface area (Å²) in [7, 11) is 0. The first-order valence-corrected chi connectivity index (χ1v) is 14.6. The summed E-state index contributed by atoms with van der Waals surface area (Å²) in [6.45, 7) is 0. The first-order chi connectivity index (χ1) is 20.2. The van der Waals surface area contributed by atoms with Crippen LogP contribution in [0.1, 0.15) is 0 Å². The average molecular weight is 545 g/mol. The number of hydrogen-bond acceptors (Lipinski definition) is 3. The number of fused-ring (bicyclic) bond motifs is 1. The lowest BCUT2D eigenvalue weighted by Crippen LogP contribution is -2.03. The minimum absolute atomic E-state index is 0.595. The predicted octanol–water partition coefficient (Wildman–Crippen LogP) is 10.4. The molecule has 1 heterocycles. The lowest BCUT2D eigenvalue weighted by molar-refractivity contribution is 1.55. The summed E-state index contributed by atoms with van der Waals surface area (Å²) in [5, 5.41) is 4.49. The fourth-order valence-corrected chi connectivity index (χ4v) is 6.64. The molecule has 4 N–H and O–H groups in total. The Balaban J connectivity index is 1.62. The van der Waals surface area contributed by atoms with Gasteiger partial charge in [0, 0.05) is 21.6 Å². The van der Waals surface area contributed by atoms with Gasteiger partial charge in [0.25, 0.3) is 0 Å². The van der Waals surface area contributed by atoms with Crippen LogP contribution in [0.5, 0.6) is 0 Å². The van der Waals surface area contributed by atoms with Gasteiger partial charge in [0.2, 0.25) is 0 Å². The molecule has 0 aliphatic carbocycles. The Morgan fingerprint density at radius 3 is 1.76 bits per heavy atom. The second-order valence-electron chi connectivity index (χ2n) is 10.1. The molecule has 196 valence electrons. The van der Waals surface area contributed by atoms with Crippen LogP contribution in [0.15, 0.2) is 145 Å². The van der Waals surface area contributed by atoms with Gasteiger partial charge in [0.15, 0.2) is 0 Å². The van der Waals surface area contributed by atoms with Gasteiger partial charge in [-0.2, -0.15) is 0 Å². The van der Waals surface area contributed by atoms with E-state index in [-0.39, 0.29) is 0 Å². The van der Waals surface area contributed by atoms with Crippen molar-refractivity contribution in [2.45, 2.75) is 0 Å². The van der Waals surface area contributed by atoms with Gasteiger partial charge in [-0.05, 0) is 61.7 Å². The minimum Gasteiger partial charge on any atom is -0.397 e. The monoisotopic (exact) mass is 544 g/mol. The maximum atomic E-state index is 7.12. The standard InChI is InChI=1S/C38H28N2S/c39-37-32(27-14-5-2-6-15-27)24-33(30-20-9-17-25-16-7-8-18-28(25)30)36(38(37)40)31-21-10-19-29(26-12-3-1-4-13-26)35(31)34-22-11-23-41-34/h1-24H,39-40H2. The Morgan fingerprint density at radius 2 is 1.02 bits per heavy atom. The maximum Gasteiger partial charge on any atom is 0.0640 e. The van der Waals surface area contributed by atoms with Crippen molar-refractivity contribution in [2.75, 3.05) is 11.5 Å². The number of thiophene rings is 1. The predicted molar refractivity (Wildman–Crippen MR) is 178 cm³/mol. The zero-order valence-electron chi connectivity index (χ0n) is 22.4. The molecule has 2 nitrogen and oxygen atoms in total. The fraction of sp³-hybridized carbons (Fsp3) is 0. The molecule has 0 spiro atoms. The van der Waals surface area contributed by atoms with Crippen molar-refractivity contribution in [1.82, 2.24) is 0 Å². The lowest BCUT2D eigenvalue weighted by atomic mass is 9.83. The van der Waals surface area contributed by atoms with Crippen LogP contribution in [0.25, 0.3) is 65.7 Å². The lowest BCUT2D eigenvalue weighted by Gasteiger charge is -2.23. The number of nitrogens with two attached hydrogens (primary N) is 2. The third-order valence-corrected chi connectivity index (χ3v) is 8.65. The molecule has 0 fully saturated rings. The van der Waals surface area contributed by atoms with E-state index in [0.29, 0.717) is 11.4 Å². The van der Waals surface area contributed by atoms with Gasteiger partial charge in [-0.25, -0.2) is 0 Å². The molecule has 0 atom stereocenters. The Bertz CT molecular complexity index is 1990. The van der Waals surface area contributed by atoms with Crippen molar-refractivity contribution in [3.8, 4) is 54.9 Å². The molecule has 7 aromatic rings. The number of hydrogen-bond donors (Lipinski definition) is 2. The highest BCUT2D eigenvalue weighted by molar-refractivity contribution is 7.13. The molecule has 0 radical (unpaired) electrons. The minimum atomic E-state index is 0.595. The first kappa shape index (κ1) is 24.9. The molecule has 0 aliphatic rings. The molecular formula is C38H28N2S. The van der Waals surface area contributed by atoms with Gasteiger partial charge in [-0.15, -0.1) is 11.3 Å². The van der Waals surface area contributed by atoms with Crippen molar-refractivity contribution in [2.24, 2.45) is 0 Å². The third-order valence-electron chi connectivity index (χ3n) is 7.76. The van der Waals surface area contributed by atoms with E-state index in [1.54, 1.807) is 11.3 Å². The number of anilines is 2. The molecule has 0 bridgehead atoms. The highest BCUT2D eigenvalue weighted by Gasteiger charge is 2.23. The van der Waals surface area contributed by atoms with Gasteiger partial charge in [-0.1, -0.05) is 127 Å². The van der Waals surface area contributed by atoms with E-state index in [9.17, 15) is 0 Å². The maximum absolute atomic E-state index is 7.12. The van der Waals surface area contributed by atoms with Crippen LogP contribution in [0, 0.1) is 0 Å². The largest absolute Gasteiger partial charge is 0.397 e. The number of rotatable bonds is 5. The average Bonchev–Trinajstić information content (AvgIpc) is 3.57. The molecule has 41 heavy (non-hydrogen) atoms. The molecule has 0 aliphatic heterocycles. The van der Waals surface area contributed by atoms with Gasteiger partial charge < -0.3 is 11.5 Å². The molecule has 0 saturated heterocycles. The van der Waals surface area contributed by atoms with Crippen molar-refractivity contribution in [3.63, 3.8) is 0 Å². The van der Waals surface area contributed by atoms with Crippen LogP contribution in [-0.4, -0.2) is 0 Å². The van der Waals surface area contributed by atoms with Crippen LogP contribution in [-0.2, 0) is 0 Å². The zero-order chi connectivity index (χ0) is 27.8. The van der Waals surface area contributed by atoms with Crippen LogP contribution in [0.3, 0.4) is 0 Å². The molecule has 3 heteroatoms. The Morgan fingerprint density at radius 1 is 0.415 bits per heavy atom. The molecule has 6 aromatic carbocycles. The number of benzene rings is 6. The van der Waals surface area contributed by atoms with Crippen molar-refractivity contribution in [3.05, 3.63) is 145 Å². The quantitative estimate of drug-likeness (QED) is 0.212. The van der Waals surface area contributed by atoms with E-state index in [2.05, 4.69) is 127 Å². The van der Waals surface area contributed by atoms with Crippen LogP contribution < -0.4 is 11.5 Å². The summed E-state index contributed by atoms with van der Waals surface area (Å²) >= 11 is 1.74. The van der Waals surface area contributed by atoms with Gasteiger partial charge >= 0.3 is 0 Å². The fourth-order valence-electron chi connectivity index (χ4n) is 5.84. The third kappa shape index (κ3) is 4.37. The summed E-state index contributed by atoms with van der Waals surface area (Å²) in [6, 6.07) is 48.8. The SMILES string of the molecule is Nc1c(-c2ccccc2)cc(-c2cccc3ccccc23)c(-c2cccc(-c3ccccc3)c2-c2cccs2)c1N. The number of nitrogen functional groups attached to an aromatic ring is 2. The van der Waals surface area contributed by atoms with E-state index < -0.39 is 0 Å². The van der Waals surface area contributed by atoms with Gasteiger partial charge in [0.05, 0.1) is 11.4 Å². The highest BCUT2D eigenvalue weighted by Crippen LogP contribution is 2.50. The molecule has 0 saturated carbocycles. The first-order valence-electron chi connectivity index (χ1n) is 13.7. The van der Waals surface area contributed by atoms with Crippen LogP contribution >= 0.6 is 11.3 Å². The summed E-state index contributed by atoms with van der Waals surface area (Å²) in [6.07, 6.45) is 0. The smallest absolute Gasteiger partial charge is 0.0640 e. The van der Waals surface area contributed by atoms with Crippen molar-refractivity contribution in [1.29, 1.82) is 0 Å². The van der Waals surface area contributed by atoms with E-state index >= 15 is 0 Å². The zero-order valence-corrected chi connectivity index (χ0v) is 23.2. The Hall–Kier alpha value is -5.12. The second-order valence-corrected chi connectivity index (χ2v) is 11.1. The second kappa shape index (κ2) is 10.5. The van der Waals surface area contributed by atoms with Crippen LogP contribution in [0.2, 0.25) is 0 Å². The molecule has 7 rings (SSSR count). The summed E-state index contributed by atoms with van der Waals surface area (Å²) in [4.78, 5) is 1.19. The van der Waals surface area contributed by atoms with Crippen molar-refractivity contribution >= 4 is 33.5 Å². The normalized spacial score (nSPS) is 11.1. The highest BCUT2D eigenvalue weighted by atomic mass is 32.1. The van der Waals surface area contributed by atoms with Crippen LogP contribution in [0.4, 0.5) is 11.4 Å². The van der Waals surface area contributed by atoms with E-state index in [1.165, 1.54) is 21.2 Å². The van der Waals surface area contributed by atoms with Gasteiger partial charge in [-0.3, -0.25) is 0 Å². The van der Waals surface area contributed by atoms with E-state index in [4.69, 9.17) is 11.5 Å². The Labute approximate surface area is 244 Å². The van der Waals surface area contributed by atoms with Crippen molar-refractivity contribution < 1.29 is 0 Å². The molecule has 0 unspecified atom stereocenters. The molecule has 1 aromatic heterocycles. The summed E-state index contributed by atoms with van der Waals surface area (Å²) in [5.41, 5.74) is 24.9. The summed E-state index contributed by atoms with van der Waals surface area (Å²) in [5.74, 6) is 0. The van der Waals surface area contributed by atoms with E-state index in [1.807, 2.05) is 18.2 Å².